The summed E-state index contributed by atoms with van der Waals surface area (Å²) in [6.07, 6.45) is 3.56. The zero-order valence-electron chi connectivity index (χ0n) is 13.5. The highest BCUT2D eigenvalue weighted by atomic mass is 16.5. The molecule has 0 fully saturated rings. The molecule has 0 heterocycles. The van der Waals surface area contributed by atoms with Crippen LogP contribution in [-0.4, -0.2) is 23.4 Å². The monoisotopic (exact) mass is 312 g/mol. The molecule has 0 unspecified atom stereocenters. The van der Waals surface area contributed by atoms with Crippen LogP contribution in [0.4, 0.5) is 0 Å². The fraction of sp³-hybridized carbons (Fsp3) is 0.300. The molecule has 2 aromatic rings. The Morgan fingerprint density at radius 2 is 1.43 bits per heavy atom. The van der Waals surface area contributed by atoms with Gasteiger partial charge in [0.1, 0.15) is 11.5 Å². The maximum atomic E-state index is 9.54. The van der Waals surface area contributed by atoms with Crippen LogP contribution < -0.4 is 0 Å². The van der Waals surface area contributed by atoms with Crippen molar-refractivity contribution in [1.29, 1.82) is 0 Å². The summed E-state index contributed by atoms with van der Waals surface area (Å²) in [7, 11) is 0. The lowest BCUT2D eigenvalue weighted by Crippen LogP contribution is -2.24. The normalized spacial score (nSPS) is 11.3. The minimum absolute atomic E-state index is 0.209. The predicted octanol–water partition coefficient (Wildman–Crippen LogP) is 4.39. The van der Waals surface area contributed by atoms with Crippen molar-refractivity contribution in [2.45, 2.75) is 25.2 Å². The maximum absolute atomic E-state index is 9.54. The molecule has 0 saturated carbocycles. The van der Waals surface area contributed by atoms with E-state index in [0.717, 1.165) is 24.0 Å². The summed E-state index contributed by atoms with van der Waals surface area (Å²) in [5.41, 5.74) is 2.05. The number of hydrogen-bond donors (Lipinski definition) is 2. The van der Waals surface area contributed by atoms with Crippen LogP contribution in [0.15, 0.2) is 61.2 Å². The van der Waals surface area contributed by atoms with Crippen molar-refractivity contribution < 1.29 is 14.9 Å². The topological polar surface area (TPSA) is 49.7 Å². The Labute approximate surface area is 137 Å². The molecule has 0 atom stereocenters. The first kappa shape index (κ1) is 17.1. The van der Waals surface area contributed by atoms with E-state index in [0.29, 0.717) is 13.2 Å². The van der Waals surface area contributed by atoms with E-state index >= 15 is 0 Å². The first-order valence-electron chi connectivity index (χ1n) is 7.84. The molecule has 0 aliphatic heterocycles. The average Bonchev–Trinajstić information content (AvgIpc) is 2.55. The molecule has 0 aliphatic rings. The quantitative estimate of drug-likeness (QED) is 0.561. The van der Waals surface area contributed by atoms with Gasteiger partial charge in [0, 0.05) is 12.0 Å². The second-order valence-electron chi connectivity index (χ2n) is 5.89. The minimum Gasteiger partial charge on any atom is -0.508 e. The predicted molar refractivity (Wildman–Crippen MR) is 92.9 cm³/mol. The fourth-order valence-corrected chi connectivity index (χ4v) is 2.81. The van der Waals surface area contributed by atoms with E-state index in [1.807, 2.05) is 24.3 Å². The summed E-state index contributed by atoms with van der Waals surface area (Å²) in [4.78, 5) is 0. The number of phenols is 2. The van der Waals surface area contributed by atoms with E-state index in [4.69, 9.17) is 4.74 Å². The van der Waals surface area contributed by atoms with Gasteiger partial charge in [-0.3, -0.25) is 0 Å². The molecule has 0 bridgehead atoms. The van der Waals surface area contributed by atoms with E-state index in [2.05, 4.69) is 13.5 Å². The third-order valence-electron chi connectivity index (χ3n) is 4.21. The second-order valence-corrected chi connectivity index (χ2v) is 5.89. The molecule has 0 aliphatic carbocycles. The summed E-state index contributed by atoms with van der Waals surface area (Å²) < 4.78 is 5.49. The molecular weight excluding hydrogens is 288 g/mol. The third kappa shape index (κ3) is 4.36. The SMILES string of the molecule is C=CCOCCCC(C)(c1ccc(O)cc1)c1ccc(O)cc1. The molecule has 3 nitrogen and oxygen atoms in total. The van der Waals surface area contributed by atoms with Gasteiger partial charge in [-0.15, -0.1) is 6.58 Å². The van der Waals surface area contributed by atoms with E-state index in [-0.39, 0.29) is 16.9 Å². The van der Waals surface area contributed by atoms with E-state index in [9.17, 15) is 10.2 Å². The number of phenolic OH excluding ortho intramolecular Hbond substituents is 2. The van der Waals surface area contributed by atoms with Gasteiger partial charge in [-0.25, -0.2) is 0 Å². The van der Waals surface area contributed by atoms with Gasteiger partial charge < -0.3 is 14.9 Å². The van der Waals surface area contributed by atoms with Crippen molar-refractivity contribution in [1.82, 2.24) is 0 Å². The summed E-state index contributed by atoms with van der Waals surface area (Å²) in [5, 5.41) is 19.1. The number of ether oxygens (including phenoxy) is 1. The number of hydrogen-bond acceptors (Lipinski definition) is 3. The first-order valence-corrected chi connectivity index (χ1v) is 7.84. The van der Waals surface area contributed by atoms with Crippen LogP contribution in [0.2, 0.25) is 0 Å². The van der Waals surface area contributed by atoms with Gasteiger partial charge in [-0.05, 0) is 48.2 Å². The van der Waals surface area contributed by atoms with E-state index < -0.39 is 0 Å². The smallest absolute Gasteiger partial charge is 0.115 e. The Hall–Kier alpha value is -2.26. The lowest BCUT2D eigenvalue weighted by molar-refractivity contribution is 0.153. The highest BCUT2D eigenvalue weighted by Gasteiger charge is 2.28. The van der Waals surface area contributed by atoms with Crippen molar-refractivity contribution in [3.63, 3.8) is 0 Å². The highest BCUT2D eigenvalue weighted by Crippen LogP contribution is 2.37. The first-order chi connectivity index (χ1) is 11.1. The Balaban J connectivity index is 2.24. The largest absolute Gasteiger partial charge is 0.508 e. The zero-order valence-corrected chi connectivity index (χ0v) is 13.5. The summed E-state index contributed by atoms with van der Waals surface area (Å²) in [5.74, 6) is 0.521. The van der Waals surface area contributed by atoms with Crippen LogP contribution in [0.3, 0.4) is 0 Å². The Morgan fingerprint density at radius 1 is 0.957 bits per heavy atom. The number of rotatable bonds is 8. The molecule has 2 aromatic carbocycles. The number of benzene rings is 2. The van der Waals surface area contributed by atoms with E-state index in [1.165, 1.54) is 0 Å². The van der Waals surface area contributed by atoms with Crippen LogP contribution in [0, 0.1) is 0 Å². The molecule has 2 N–H and O–H groups in total. The van der Waals surface area contributed by atoms with Gasteiger partial charge in [-0.2, -0.15) is 0 Å². The van der Waals surface area contributed by atoms with Crippen molar-refractivity contribution >= 4 is 0 Å². The molecule has 3 heteroatoms. The van der Waals surface area contributed by atoms with Crippen LogP contribution >= 0.6 is 0 Å². The van der Waals surface area contributed by atoms with Gasteiger partial charge in [-0.1, -0.05) is 37.3 Å². The Morgan fingerprint density at radius 3 is 1.87 bits per heavy atom. The lowest BCUT2D eigenvalue weighted by atomic mass is 9.73. The molecule has 0 aromatic heterocycles. The van der Waals surface area contributed by atoms with Crippen LogP contribution in [-0.2, 0) is 10.2 Å². The second kappa shape index (κ2) is 7.84. The van der Waals surface area contributed by atoms with Crippen LogP contribution in [0.1, 0.15) is 30.9 Å². The Bertz CT molecular complexity index is 569. The minimum atomic E-state index is -0.209. The molecule has 23 heavy (non-hydrogen) atoms. The molecule has 0 saturated heterocycles. The molecule has 122 valence electrons. The molecule has 0 spiro atoms. The van der Waals surface area contributed by atoms with Crippen LogP contribution in [0.25, 0.3) is 0 Å². The van der Waals surface area contributed by atoms with Gasteiger partial charge in [0.2, 0.25) is 0 Å². The highest BCUT2D eigenvalue weighted by molar-refractivity contribution is 5.42. The average molecular weight is 312 g/mol. The molecule has 0 radical (unpaired) electrons. The molecular formula is C20H24O3. The summed E-state index contributed by atoms with van der Waals surface area (Å²) in [6, 6.07) is 14.6. The van der Waals surface area contributed by atoms with Crippen molar-refractivity contribution in [3.8, 4) is 11.5 Å². The van der Waals surface area contributed by atoms with Crippen molar-refractivity contribution in [3.05, 3.63) is 72.3 Å². The molecule has 2 rings (SSSR count). The van der Waals surface area contributed by atoms with Crippen LogP contribution in [0.5, 0.6) is 11.5 Å². The number of aromatic hydroxyl groups is 2. The van der Waals surface area contributed by atoms with E-state index in [1.54, 1.807) is 30.3 Å². The summed E-state index contributed by atoms with van der Waals surface area (Å²) >= 11 is 0. The van der Waals surface area contributed by atoms with Gasteiger partial charge in [0.05, 0.1) is 6.61 Å². The van der Waals surface area contributed by atoms with Gasteiger partial charge >= 0.3 is 0 Å². The van der Waals surface area contributed by atoms with Gasteiger partial charge in [0.15, 0.2) is 0 Å². The lowest BCUT2D eigenvalue weighted by Gasteiger charge is -2.31. The zero-order chi connectivity index (χ0) is 16.7. The third-order valence-corrected chi connectivity index (χ3v) is 4.21. The Kier molecular flexibility index (Phi) is 5.83. The maximum Gasteiger partial charge on any atom is 0.115 e. The van der Waals surface area contributed by atoms with Crippen molar-refractivity contribution in [2.24, 2.45) is 0 Å². The van der Waals surface area contributed by atoms with Crippen molar-refractivity contribution in [2.75, 3.05) is 13.2 Å². The van der Waals surface area contributed by atoms with Gasteiger partial charge in [0.25, 0.3) is 0 Å². The molecule has 0 amide bonds. The standard InChI is InChI=1S/C20H24O3/c1-3-14-23-15-4-13-20(2,16-5-9-18(21)10-6-16)17-7-11-19(22)12-8-17/h3,5-12,21-22H,1,4,13-15H2,2H3. The summed E-state index contributed by atoms with van der Waals surface area (Å²) in [6.45, 7) is 7.07. The fourth-order valence-electron chi connectivity index (χ4n) is 2.81.